The molecule has 0 aliphatic rings. The molecule has 88 valence electrons. The molecule has 0 saturated carbocycles. The molecule has 0 bridgehead atoms. The van der Waals surface area contributed by atoms with E-state index in [2.05, 4.69) is 0 Å². The molecule has 0 aromatic heterocycles. The zero-order valence-corrected chi connectivity index (χ0v) is 9.69. The van der Waals surface area contributed by atoms with Gasteiger partial charge in [0.05, 0.1) is 27.9 Å². The van der Waals surface area contributed by atoms with Gasteiger partial charge in [-0.2, -0.15) is 0 Å². The first-order valence-electron chi connectivity index (χ1n) is 4.84. The van der Waals surface area contributed by atoms with Gasteiger partial charge in [-0.1, -0.05) is 12.2 Å². The summed E-state index contributed by atoms with van der Waals surface area (Å²) >= 11 is 0. The Labute approximate surface area is 95.1 Å². The number of hydrogen-bond acceptors (Lipinski definition) is 4. The molecule has 0 aliphatic heterocycles. The first-order chi connectivity index (χ1) is 7.78. The van der Waals surface area contributed by atoms with Crippen LogP contribution in [0.1, 0.15) is 5.56 Å². The summed E-state index contributed by atoms with van der Waals surface area (Å²) in [6.45, 7) is -0.0164. The minimum absolute atomic E-state index is 0.0164. The Morgan fingerprint density at radius 3 is 2.25 bits per heavy atom. The third-order valence-electron chi connectivity index (χ3n) is 2.14. The van der Waals surface area contributed by atoms with Gasteiger partial charge in [0.25, 0.3) is 0 Å². The van der Waals surface area contributed by atoms with Crippen molar-refractivity contribution in [2.45, 2.75) is 0 Å². The van der Waals surface area contributed by atoms with E-state index in [4.69, 9.17) is 19.3 Å². The maximum Gasteiger partial charge on any atom is 0.203 e. The lowest BCUT2D eigenvalue weighted by Crippen LogP contribution is -1.96. The van der Waals surface area contributed by atoms with Crippen LogP contribution < -0.4 is 14.2 Å². The summed E-state index contributed by atoms with van der Waals surface area (Å²) in [5, 5.41) is 8.73. The van der Waals surface area contributed by atoms with Crippen molar-refractivity contribution in [2.75, 3.05) is 27.9 Å². The fraction of sp³-hybridized carbons (Fsp3) is 0.333. The highest BCUT2D eigenvalue weighted by Gasteiger charge is 2.13. The summed E-state index contributed by atoms with van der Waals surface area (Å²) in [7, 11) is 4.69. The lowest BCUT2D eigenvalue weighted by atomic mass is 10.1. The zero-order valence-electron chi connectivity index (χ0n) is 9.69. The van der Waals surface area contributed by atoms with Gasteiger partial charge in [-0.25, -0.2) is 0 Å². The summed E-state index contributed by atoms with van der Waals surface area (Å²) in [6.07, 6.45) is 3.39. The van der Waals surface area contributed by atoms with E-state index in [9.17, 15) is 0 Å². The Balaban J connectivity index is 3.25. The number of aliphatic hydroxyl groups excluding tert-OH is 1. The monoisotopic (exact) mass is 224 g/mol. The largest absolute Gasteiger partial charge is 0.493 e. The molecular weight excluding hydrogens is 208 g/mol. The fourth-order valence-electron chi connectivity index (χ4n) is 1.44. The van der Waals surface area contributed by atoms with Crippen molar-refractivity contribution in [1.82, 2.24) is 0 Å². The molecule has 1 aromatic carbocycles. The van der Waals surface area contributed by atoms with Crippen LogP contribution in [0.25, 0.3) is 6.08 Å². The topological polar surface area (TPSA) is 47.9 Å². The van der Waals surface area contributed by atoms with Crippen molar-refractivity contribution >= 4 is 6.08 Å². The van der Waals surface area contributed by atoms with Gasteiger partial charge < -0.3 is 19.3 Å². The number of aliphatic hydroxyl groups is 1. The number of rotatable bonds is 5. The van der Waals surface area contributed by atoms with Crippen molar-refractivity contribution in [3.05, 3.63) is 23.8 Å². The van der Waals surface area contributed by atoms with E-state index in [0.717, 1.165) is 5.56 Å². The molecule has 0 spiro atoms. The predicted octanol–water partition coefficient (Wildman–Crippen LogP) is 1.72. The van der Waals surface area contributed by atoms with Crippen molar-refractivity contribution < 1.29 is 19.3 Å². The number of hydrogen-bond donors (Lipinski definition) is 1. The molecule has 0 heterocycles. The highest BCUT2D eigenvalue weighted by molar-refractivity contribution is 5.66. The van der Waals surface area contributed by atoms with Crippen LogP contribution in [0.4, 0.5) is 0 Å². The predicted molar refractivity (Wildman–Crippen MR) is 62.2 cm³/mol. The van der Waals surface area contributed by atoms with Crippen LogP contribution in [0.3, 0.4) is 0 Å². The van der Waals surface area contributed by atoms with Gasteiger partial charge in [-0.15, -0.1) is 0 Å². The van der Waals surface area contributed by atoms with Crippen LogP contribution in [0.5, 0.6) is 17.2 Å². The van der Waals surface area contributed by atoms with E-state index < -0.39 is 0 Å². The Morgan fingerprint density at radius 1 is 1.06 bits per heavy atom. The van der Waals surface area contributed by atoms with Gasteiger partial charge in [-0.3, -0.25) is 0 Å². The minimum atomic E-state index is -0.0164. The van der Waals surface area contributed by atoms with Gasteiger partial charge in [0, 0.05) is 5.56 Å². The van der Waals surface area contributed by atoms with Crippen molar-refractivity contribution in [3.63, 3.8) is 0 Å². The fourth-order valence-corrected chi connectivity index (χ4v) is 1.44. The molecule has 0 atom stereocenters. The van der Waals surface area contributed by atoms with Gasteiger partial charge in [0.2, 0.25) is 5.75 Å². The molecule has 1 rings (SSSR count). The summed E-state index contributed by atoms with van der Waals surface area (Å²) in [5.74, 6) is 1.75. The first-order valence-corrected chi connectivity index (χ1v) is 4.84. The Hall–Kier alpha value is -1.68. The Bertz CT molecular complexity index is 372. The van der Waals surface area contributed by atoms with Crippen LogP contribution in [-0.2, 0) is 0 Å². The van der Waals surface area contributed by atoms with Crippen molar-refractivity contribution in [3.8, 4) is 17.2 Å². The third-order valence-corrected chi connectivity index (χ3v) is 2.14. The maximum atomic E-state index is 8.73. The second kappa shape index (κ2) is 6.02. The molecule has 4 heteroatoms. The molecule has 0 radical (unpaired) electrons. The average Bonchev–Trinajstić information content (AvgIpc) is 2.34. The maximum absolute atomic E-state index is 8.73. The molecule has 1 aromatic rings. The number of ether oxygens (including phenoxy) is 3. The molecule has 0 aliphatic carbocycles. The van der Waals surface area contributed by atoms with Crippen LogP contribution in [0, 0.1) is 0 Å². The molecule has 4 nitrogen and oxygen atoms in total. The molecular formula is C12H16O4. The number of benzene rings is 1. The molecule has 1 N–H and O–H groups in total. The average molecular weight is 224 g/mol. The van der Waals surface area contributed by atoms with Gasteiger partial charge >= 0.3 is 0 Å². The minimum Gasteiger partial charge on any atom is -0.493 e. The highest BCUT2D eigenvalue weighted by atomic mass is 16.5. The molecule has 0 amide bonds. The van der Waals surface area contributed by atoms with E-state index in [1.807, 2.05) is 6.07 Å². The van der Waals surface area contributed by atoms with Crippen LogP contribution in [0.2, 0.25) is 0 Å². The molecule has 16 heavy (non-hydrogen) atoms. The Morgan fingerprint density at radius 2 is 1.75 bits per heavy atom. The summed E-state index contributed by atoms with van der Waals surface area (Å²) in [6, 6.07) is 3.63. The van der Waals surface area contributed by atoms with E-state index in [1.54, 1.807) is 39.5 Å². The lowest BCUT2D eigenvalue weighted by molar-refractivity contribution is 0.324. The van der Waals surface area contributed by atoms with Crippen LogP contribution in [0.15, 0.2) is 18.2 Å². The lowest BCUT2D eigenvalue weighted by Gasteiger charge is -2.13. The summed E-state index contributed by atoms with van der Waals surface area (Å²) in [5.41, 5.74) is 0.828. The molecule has 0 fully saturated rings. The van der Waals surface area contributed by atoms with Crippen molar-refractivity contribution in [2.24, 2.45) is 0 Å². The van der Waals surface area contributed by atoms with E-state index in [0.29, 0.717) is 17.2 Å². The van der Waals surface area contributed by atoms with Crippen molar-refractivity contribution in [1.29, 1.82) is 0 Å². The molecule has 0 unspecified atom stereocenters. The van der Waals surface area contributed by atoms with E-state index >= 15 is 0 Å². The van der Waals surface area contributed by atoms with E-state index in [1.165, 1.54) is 0 Å². The summed E-state index contributed by atoms with van der Waals surface area (Å²) < 4.78 is 15.7. The first kappa shape index (κ1) is 12.4. The van der Waals surface area contributed by atoms with Gasteiger partial charge in [-0.05, 0) is 12.1 Å². The summed E-state index contributed by atoms with van der Waals surface area (Å²) in [4.78, 5) is 0. The number of methoxy groups -OCH3 is 3. The smallest absolute Gasteiger partial charge is 0.203 e. The van der Waals surface area contributed by atoms with Gasteiger partial charge in [0.1, 0.15) is 0 Å². The van der Waals surface area contributed by atoms with E-state index in [-0.39, 0.29) is 6.61 Å². The highest BCUT2D eigenvalue weighted by Crippen LogP contribution is 2.40. The standard InChI is InChI=1S/C12H16O4/c1-14-10-7-6-9(5-4-8-13)11(15-2)12(10)16-3/h4-7,13H,8H2,1-3H3. The molecule has 0 saturated heterocycles. The normalized spacial score (nSPS) is 10.5. The van der Waals surface area contributed by atoms with Gasteiger partial charge in [0.15, 0.2) is 11.5 Å². The van der Waals surface area contributed by atoms with Crippen LogP contribution in [-0.4, -0.2) is 33.0 Å². The Kier molecular flexibility index (Phi) is 4.66. The SMILES string of the molecule is COc1ccc(C=CCO)c(OC)c1OC. The third kappa shape index (κ3) is 2.46. The van der Waals surface area contributed by atoms with Crippen LogP contribution >= 0.6 is 0 Å². The quantitative estimate of drug-likeness (QED) is 0.827. The zero-order chi connectivity index (χ0) is 12.0. The second-order valence-electron chi connectivity index (χ2n) is 3.01. The second-order valence-corrected chi connectivity index (χ2v) is 3.01.